The smallest absolute Gasteiger partial charge is 0.192 e. The molecule has 3 heteroatoms. The van der Waals surface area contributed by atoms with E-state index >= 15 is 0 Å². The van der Waals surface area contributed by atoms with Crippen LogP contribution in [0.3, 0.4) is 0 Å². The summed E-state index contributed by atoms with van der Waals surface area (Å²) < 4.78 is 6.95. The Morgan fingerprint density at radius 2 is 1.69 bits per heavy atom. The van der Waals surface area contributed by atoms with Crippen molar-refractivity contribution < 1.29 is 4.43 Å². The lowest BCUT2D eigenvalue weighted by molar-refractivity contribution is 0.0186. The molecule has 0 radical (unpaired) electrons. The molecule has 1 aromatic carbocycles. The fourth-order valence-corrected chi connectivity index (χ4v) is 7.80. The Labute approximate surface area is 162 Å². The molecule has 0 aromatic heterocycles. The minimum absolute atomic E-state index is 0.0663. The SMILES string of the molecule is CC[Si](CC)(CC)OC(C)(C)[C@@H]1CC=C(C)[C@@H]([C@H](N)c2ccccc2)C1. The van der Waals surface area contributed by atoms with E-state index in [1.165, 1.54) is 29.3 Å². The summed E-state index contributed by atoms with van der Waals surface area (Å²) in [4.78, 5) is 0. The zero-order chi connectivity index (χ0) is 19.4. The first-order valence-electron chi connectivity index (χ1n) is 10.5. The Morgan fingerprint density at radius 1 is 1.12 bits per heavy atom. The van der Waals surface area contributed by atoms with Crippen LogP contribution in [-0.2, 0) is 4.43 Å². The molecule has 2 nitrogen and oxygen atoms in total. The van der Waals surface area contributed by atoms with Gasteiger partial charge in [0.2, 0.25) is 0 Å². The Kier molecular flexibility index (Phi) is 7.29. The highest BCUT2D eigenvalue weighted by Gasteiger charge is 2.42. The normalized spacial score (nSPS) is 22.8. The van der Waals surface area contributed by atoms with Crippen molar-refractivity contribution in [3.05, 3.63) is 47.5 Å². The summed E-state index contributed by atoms with van der Waals surface area (Å²) in [6.07, 6.45) is 4.64. The molecule has 26 heavy (non-hydrogen) atoms. The van der Waals surface area contributed by atoms with E-state index in [9.17, 15) is 0 Å². The van der Waals surface area contributed by atoms with Crippen LogP contribution in [0.4, 0.5) is 0 Å². The van der Waals surface area contributed by atoms with Gasteiger partial charge in [0.15, 0.2) is 8.32 Å². The highest BCUT2D eigenvalue weighted by Crippen LogP contribution is 2.43. The lowest BCUT2D eigenvalue weighted by Gasteiger charge is -2.46. The summed E-state index contributed by atoms with van der Waals surface area (Å²) in [5, 5.41) is 0. The van der Waals surface area contributed by atoms with E-state index in [0.717, 1.165) is 12.8 Å². The van der Waals surface area contributed by atoms with Crippen LogP contribution in [0.2, 0.25) is 18.1 Å². The van der Waals surface area contributed by atoms with Gasteiger partial charge in [0.25, 0.3) is 0 Å². The summed E-state index contributed by atoms with van der Waals surface area (Å²) in [5.74, 6) is 0.933. The second-order valence-corrected chi connectivity index (χ2v) is 13.3. The summed E-state index contributed by atoms with van der Waals surface area (Å²) in [7, 11) is -1.62. The van der Waals surface area contributed by atoms with E-state index in [-0.39, 0.29) is 11.6 Å². The van der Waals surface area contributed by atoms with Gasteiger partial charge >= 0.3 is 0 Å². The van der Waals surface area contributed by atoms with Crippen LogP contribution in [-0.4, -0.2) is 13.9 Å². The molecule has 1 aromatic rings. The van der Waals surface area contributed by atoms with Crippen LogP contribution in [0.5, 0.6) is 0 Å². The van der Waals surface area contributed by atoms with Gasteiger partial charge in [-0.1, -0.05) is 62.8 Å². The summed E-state index contributed by atoms with van der Waals surface area (Å²) in [6, 6.07) is 14.2. The number of hydrogen-bond donors (Lipinski definition) is 1. The summed E-state index contributed by atoms with van der Waals surface area (Å²) in [6.45, 7) is 13.8. The molecule has 2 rings (SSSR count). The number of rotatable bonds is 8. The van der Waals surface area contributed by atoms with Crippen molar-refractivity contribution in [2.75, 3.05) is 0 Å². The molecule has 0 saturated heterocycles. The minimum atomic E-state index is -1.62. The lowest BCUT2D eigenvalue weighted by Crippen LogP contribution is -2.49. The molecule has 0 bridgehead atoms. The summed E-state index contributed by atoms with van der Waals surface area (Å²) >= 11 is 0. The Hall–Kier alpha value is -0.903. The lowest BCUT2D eigenvalue weighted by atomic mass is 9.71. The van der Waals surface area contributed by atoms with Crippen LogP contribution < -0.4 is 5.73 Å². The summed E-state index contributed by atoms with van der Waals surface area (Å²) in [5.41, 5.74) is 9.30. The van der Waals surface area contributed by atoms with Gasteiger partial charge in [-0.05, 0) is 69.1 Å². The van der Waals surface area contributed by atoms with Gasteiger partial charge in [-0.3, -0.25) is 0 Å². The Morgan fingerprint density at radius 3 is 2.23 bits per heavy atom. The predicted octanol–water partition coefficient (Wildman–Crippen LogP) is 6.46. The number of benzene rings is 1. The third kappa shape index (κ3) is 4.68. The molecule has 1 aliphatic carbocycles. The fourth-order valence-electron chi connectivity index (χ4n) is 4.58. The first-order valence-corrected chi connectivity index (χ1v) is 13.0. The molecule has 0 amide bonds. The van der Waals surface area contributed by atoms with E-state index in [4.69, 9.17) is 10.2 Å². The van der Waals surface area contributed by atoms with Crippen LogP contribution in [0.25, 0.3) is 0 Å². The Balaban J connectivity index is 2.19. The molecule has 0 unspecified atom stereocenters. The van der Waals surface area contributed by atoms with Gasteiger partial charge in [0.05, 0.1) is 5.60 Å². The standard InChI is InChI=1S/C23H39NOSi/c1-7-26(8-2,9-3)25-23(5,6)20-16-15-18(4)21(17-20)22(24)19-13-11-10-12-14-19/h10-15,20-22H,7-9,16-17,24H2,1-6H3/t20-,21+,22-/m1/s1. The first kappa shape index (κ1) is 21.4. The maximum atomic E-state index is 6.95. The minimum Gasteiger partial charge on any atom is -0.412 e. The van der Waals surface area contributed by atoms with Crippen molar-refractivity contribution in [2.45, 2.75) is 84.2 Å². The van der Waals surface area contributed by atoms with Gasteiger partial charge in [-0.2, -0.15) is 0 Å². The van der Waals surface area contributed by atoms with Crippen molar-refractivity contribution in [1.82, 2.24) is 0 Å². The molecule has 2 N–H and O–H groups in total. The van der Waals surface area contributed by atoms with Crippen molar-refractivity contribution in [1.29, 1.82) is 0 Å². The average Bonchev–Trinajstić information content (AvgIpc) is 2.66. The van der Waals surface area contributed by atoms with Crippen molar-refractivity contribution in [3.8, 4) is 0 Å². The van der Waals surface area contributed by atoms with E-state index in [1.807, 2.05) is 0 Å². The number of allylic oxidation sites excluding steroid dienone is 1. The fraction of sp³-hybridized carbons (Fsp3) is 0.652. The van der Waals surface area contributed by atoms with E-state index < -0.39 is 8.32 Å². The molecule has 0 fully saturated rings. The van der Waals surface area contributed by atoms with Crippen LogP contribution in [0.15, 0.2) is 42.0 Å². The van der Waals surface area contributed by atoms with E-state index in [0.29, 0.717) is 11.8 Å². The number of nitrogens with two attached hydrogens (primary N) is 1. The van der Waals surface area contributed by atoms with Gasteiger partial charge in [-0.15, -0.1) is 0 Å². The van der Waals surface area contributed by atoms with Crippen molar-refractivity contribution in [3.63, 3.8) is 0 Å². The molecule has 3 atom stereocenters. The second-order valence-electron chi connectivity index (χ2n) is 8.61. The third-order valence-corrected chi connectivity index (χ3v) is 11.7. The van der Waals surface area contributed by atoms with Gasteiger partial charge in [0, 0.05) is 6.04 Å². The molecule has 146 valence electrons. The molecular weight excluding hydrogens is 334 g/mol. The maximum Gasteiger partial charge on any atom is 0.192 e. The van der Waals surface area contributed by atoms with Crippen LogP contribution in [0, 0.1) is 11.8 Å². The quantitative estimate of drug-likeness (QED) is 0.419. The van der Waals surface area contributed by atoms with Crippen LogP contribution >= 0.6 is 0 Å². The third-order valence-electron chi connectivity index (χ3n) is 6.86. The topological polar surface area (TPSA) is 35.2 Å². The largest absolute Gasteiger partial charge is 0.412 e. The average molecular weight is 374 g/mol. The predicted molar refractivity (Wildman–Crippen MR) is 116 cm³/mol. The van der Waals surface area contributed by atoms with Crippen LogP contribution in [0.1, 0.15) is 66.0 Å². The van der Waals surface area contributed by atoms with Gasteiger partial charge in [0.1, 0.15) is 0 Å². The zero-order valence-corrected chi connectivity index (χ0v) is 18.7. The zero-order valence-electron chi connectivity index (χ0n) is 17.7. The first-order chi connectivity index (χ1) is 12.3. The highest BCUT2D eigenvalue weighted by atomic mass is 28.4. The van der Waals surface area contributed by atoms with Gasteiger partial charge in [-0.25, -0.2) is 0 Å². The number of hydrogen-bond acceptors (Lipinski definition) is 2. The molecule has 0 spiro atoms. The Bertz CT molecular complexity index is 583. The second kappa shape index (κ2) is 8.86. The molecule has 1 aliphatic rings. The van der Waals surface area contributed by atoms with Crippen molar-refractivity contribution >= 4 is 8.32 Å². The molecular formula is C23H39NOSi. The van der Waals surface area contributed by atoms with Crippen molar-refractivity contribution in [2.24, 2.45) is 17.6 Å². The monoisotopic (exact) mass is 373 g/mol. The molecule has 0 heterocycles. The maximum absolute atomic E-state index is 6.95. The van der Waals surface area contributed by atoms with Gasteiger partial charge < -0.3 is 10.2 Å². The molecule has 0 aliphatic heterocycles. The molecule has 0 saturated carbocycles. The van der Waals surface area contributed by atoms with E-state index in [1.54, 1.807) is 0 Å². The van der Waals surface area contributed by atoms with E-state index in [2.05, 4.69) is 78.0 Å². The highest BCUT2D eigenvalue weighted by molar-refractivity contribution is 6.73.